The second-order valence-electron chi connectivity index (χ2n) is 3.15. The van der Waals surface area contributed by atoms with Crippen molar-refractivity contribution in [2.75, 3.05) is 0 Å². The lowest BCUT2D eigenvalue weighted by Crippen LogP contribution is -2.12. The van der Waals surface area contributed by atoms with Crippen molar-refractivity contribution >= 4 is 22.9 Å². The molecule has 0 atom stereocenters. The molecular weight excluding hydrogens is 196 g/mol. The van der Waals surface area contributed by atoms with Crippen LogP contribution in [0, 0.1) is 13.8 Å². The molecule has 72 valence electrons. The molecule has 14 heavy (non-hydrogen) atoms. The number of nitrogens with zero attached hydrogens (tertiary/aromatic N) is 3. The van der Waals surface area contributed by atoms with Gasteiger partial charge in [0.25, 0.3) is 0 Å². The molecule has 0 amide bonds. The predicted octanol–water partition coefficient (Wildman–Crippen LogP) is 0.980. The molecule has 0 fully saturated rings. The van der Waals surface area contributed by atoms with Gasteiger partial charge in [-0.3, -0.25) is 0 Å². The molecule has 5 heteroatoms. The van der Waals surface area contributed by atoms with Gasteiger partial charge in [0.05, 0.1) is 5.56 Å². The van der Waals surface area contributed by atoms with E-state index in [0.29, 0.717) is 4.99 Å². The first-order valence-electron chi connectivity index (χ1n) is 4.22. The lowest BCUT2D eigenvalue weighted by Gasteiger charge is -2.02. The van der Waals surface area contributed by atoms with Crippen molar-refractivity contribution in [3.8, 4) is 0 Å². The number of thiocarbonyl (C=S) groups is 1. The number of pyridine rings is 1. The first kappa shape index (κ1) is 9.08. The summed E-state index contributed by atoms with van der Waals surface area (Å²) in [4.78, 5) is 4.63. The highest BCUT2D eigenvalue weighted by Gasteiger charge is 2.09. The zero-order valence-electron chi connectivity index (χ0n) is 7.98. The largest absolute Gasteiger partial charge is 0.389 e. The second kappa shape index (κ2) is 3.02. The van der Waals surface area contributed by atoms with E-state index in [1.165, 1.54) is 0 Å². The highest BCUT2D eigenvalue weighted by molar-refractivity contribution is 7.80. The Labute approximate surface area is 86.8 Å². The van der Waals surface area contributed by atoms with E-state index in [9.17, 15) is 0 Å². The molecule has 0 aromatic carbocycles. The van der Waals surface area contributed by atoms with E-state index in [2.05, 4.69) is 10.1 Å². The minimum atomic E-state index is 0.349. The molecule has 4 nitrogen and oxygen atoms in total. The molecule has 0 unspecified atom stereocenters. The average Bonchev–Trinajstić information content (AvgIpc) is 2.47. The van der Waals surface area contributed by atoms with Crippen LogP contribution in [-0.4, -0.2) is 19.6 Å². The Kier molecular flexibility index (Phi) is 1.96. The van der Waals surface area contributed by atoms with Gasteiger partial charge in [-0.1, -0.05) is 12.2 Å². The summed E-state index contributed by atoms with van der Waals surface area (Å²) in [5.41, 5.74) is 8.11. The Morgan fingerprint density at radius 2 is 2.14 bits per heavy atom. The van der Waals surface area contributed by atoms with Crippen molar-refractivity contribution in [1.29, 1.82) is 0 Å². The minimum absolute atomic E-state index is 0.349. The van der Waals surface area contributed by atoms with Gasteiger partial charge in [0, 0.05) is 5.69 Å². The highest BCUT2D eigenvalue weighted by Crippen LogP contribution is 2.11. The van der Waals surface area contributed by atoms with Crippen LogP contribution in [0.5, 0.6) is 0 Å². The Morgan fingerprint density at radius 1 is 1.43 bits per heavy atom. The molecular formula is C9H10N4S. The Morgan fingerprint density at radius 3 is 2.79 bits per heavy atom. The SMILES string of the molecule is Cc1nc2c(C(N)=S)ccc(C)n2n1. The molecule has 0 aliphatic heterocycles. The summed E-state index contributed by atoms with van der Waals surface area (Å²) in [5, 5.41) is 4.25. The van der Waals surface area contributed by atoms with Crippen molar-refractivity contribution < 1.29 is 0 Å². The van der Waals surface area contributed by atoms with Gasteiger partial charge in [0.2, 0.25) is 0 Å². The van der Waals surface area contributed by atoms with Crippen LogP contribution in [0.15, 0.2) is 12.1 Å². The van der Waals surface area contributed by atoms with E-state index in [0.717, 1.165) is 22.7 Å². The Hall–Kier alpha value is -1.49. The fraction of sp³-hybridized carbons (Fsp3) is 0.222. The summed E-state index contributed by atoms with van der Waals surface area (Å²) >= 11 is 4.94. The molecule has 0 aliphatic rings. The summed E-state index contributed by atoms with van der Waals surface area (Å²) in [7, 11) is 0. The molecule has 2 rings (SSSR count). The van der Waals surface area contributed by atoms with Crippen LogP contribution in [0.25, 0.3) is 5.65 Å². The van der Waals surface area contributed by atoms with Gasteiger partial charge in [-0.15, -0.1) is 0 Å². The number of hydrogen-bond acceptors (Lipinski definition) is 3. The van der Waals surface area contributed by atoms with Crippen LogP contribution in [0.2, 0.25) is 0 Å². The second-order valence-corrected chi connectivity index (χ2v) is 3.59. The molecule has 2 aromatic heterocycles. The molecule has 0 aliphatic carbocycles. The molecule has 2 aromatic rings. The summed E-state index contributed by atoms with van der Waals surface area (Å²) < 4.78 is 1.75. The standard InChI is InChI=1S/C9H10N4S/c1-5-3-4-7(8(10)14)9-11-6(2)12-13(5)9/h3-4H,1-2H3,(H2,10,14). The summed E-state index contributed by atoms with van der Waals surface area (Å²) in [6.45, 7) is 3.81. The molecule has 0 bridgehead atoms. The minimum Gasteiger partial charge on any atom is -0.389 e. The maximum atomic E-state index is 5.59. The fourth-order valence-electron chi connectivity index (χ4n) is 1.38. The summed E-state index contributed by atoms with van der Waals surface area (Å²) in [5.74, 6) is 0.719. The third kappa shape index (κ3) is 1.26. The topological polar surface area (TPSA) is 56.2 Å². The van der Waals surface area contributed by atoms with Crippen LogP contribution < -0.4 is 5.73 Å². The summed E-state index contributed by atoms with van der Waals surface area (Å²) in [6, 6.07) is 3.80. The monoisotopic (exact) mass is 206 g/mol. The van der Waals surface area contributed by atoms with Gasteiger partial charge in [-0.05, 0) is 26.0 Å². The zero-order valence-corrected chi connectivity index (χ0v) is 8.80. The molecule has 0 saturated heterocycles. The van der Waals surface area contributed by atoms with E-state index < -0.39 is 0 Å². The Balaban J connectivity index is 2.87. The van der Waals surface area contributed by atoms with Crippen molar-refractivity contribution in [2.45, 2.75) is 13.8 Å². The molecule has 0 radical (unpaired) electrons. The first-order chi connectivity index (χ1) is 6.59. The summed E-state index contributed by atoms with van der Waals surface area (Å²) in [6.07, 6.45) is 0. The van der Waals surface area contributed by atoms with Crippen molar-refractivity contribution in [3.63, 3.8) is 0 Å². The first-order valence-corrected chi connectivity index (χ1v) is 4.63. The number of fused-ring (bicyclic) bond motifs is 1. The third-order valence-electron chi connectivity index (χ3n) is 2.04. The molecule has 0 saturated carbocycles. The number of aryl methyl sites for hydroxylation is 2. The van der Waals surface area contributed by atoms with Crippen LogP contribution >= 0.6 is 12.2 Å². The van der Waals surface area contributed by atoms with Crippen molar-refractivity contribution in [1.82, 2.24) is 14.6 Å². The van der Waals surface area contributed by atoms with E-state index in [1.807, 2.05) is 26.0 Å². The van der Waals surface area contributed by atoms with Crippen LogP contribution in [0.4, 0.5) is 0 Å². The van der Waals surface area contributed by atoms with E-state index in [-0.39, 0.29) is 0 Å². The van der Waals surface area contributed by atoms with E-state index >= 15 is 0 Å². The number of hydrogen-bond donors (Lipinski definition) is 1. The highest BCUT2D eigenvalue weighted by atomic mass is 32.1. The van der Waals surface area contributed by atoms with E-state index in [4.69, 9.17) is 18.0 Å². The quantitative estimate of drug-likeness (QED) is 0.707. The maximum Gasteiger partial charge on any atom is 0.166 e. The van der Waals surface area contributed by atoms with Crippen LogP contribution in [0.3, 0.4) is 0 Å². The van der Waals surface area contributed by atoms with Gasteiger partial charge < -0.3 is 5.73 Å². The molecule has 2 heterocycles. The smallest absolute Gasteiger partial charge is 0.166 e. The van der Waals surface area contributed by atoms with E-state index in [1.54, 1.807) is 4.52 Å². The van der Waals surface area contributed by atoms with Crippen molar-refractivity contribution in [2.24, 2.45) is 5.73 Å². The van der Waals surface area contributed by atoms with Gasteiger partial charge in [0.15, 0.2) is 5.65 Å². The van der Waals surface area contributed by atoms with Gasteiger partial charge in [-0.25, -0.2) is 9.50 Å². The average molecular weight is 206 g/mol. The molecule has 2 N–H and O–H groups in total. The fourth-order valence-corrected chi connectivity index (χ4v) is 1.54. The number of aromatic nitrogens is 3. The number of nitrogens with two attached hydrogens (primary N) is 1. The molecule has 0 spiro atoms. The lowest BCUT2D eigenvalue weighted by molar-refractivity contribution is 0.891. The van der Waals surface area contributed by atoms with Crippen molar-refractivity contribution in [3.05, 3.63) is 29.2 Å². The Bertz CT molecular complexity index is 515. The van der Waals surface area contributed by atoms with Gasteiger partial charge in [-0.2, -0.15) is 5.10 Å². The number of rotatable bonds is 1. The van der Waals surface area contributed by atoms with Gasteiger partial charge >= 0.3 is 0 Å². The predicted molar refractivity (Wildman–Crippen MR) is 58.3 cm³/mol. The zero-order chi connectivity index (χ0) is 10.3. The van der Waals surface area contributed by atoms with Gasteiger partial charge in [0.1, 0.15) is 10.8 Å². The maximum absolute atomic E-state index is 5.59. The van der Waals surface area contributed by atoms with Crippen LogP contribution in [-0.2, 0) is 0 Å². The normalized spacial score (nSPS) is 10.7. The van der Waals surface area contributed by atoms with Crippen LogP contribution in [0.1, 0.15) is 17.1 Å². The lowest BCUT2D eigenvalue weighted by atomic mass is 10.2. The third-order valence-corrected chi connectivity index (χ3v) is 2.26.